The van der Waals surface area contributed by atoms with E-state index in [0.29, 0.717) is 12.8 Å². The van der Waals surface area contributed by atoms with Gasteiger partial charge in [-0.2, -0.15) is 0 Å². The normalized spacial score (nSPS) is 23.9. The number of hydrogen-bond donors (Lipinski definition) is 9. The number of unbranched alkanes of at least 4 members (excludes halogenated alkanes) is 36. The van der Waals surface area contributed by atoms with Crippen LogP contribution in [0.3, 0.4) is 0 Å². The van der Waals surface area contributed by atoms with Gasteiger partial charge in [-0.25, -0.2) is 0 Å². The van der Waals surface area contributed by atoms with Crippen molar-refractivity contribution < 1.29 is 64.6 Å². The van der Waals surface area contributed by atoms with Gasteiger partial charge in [0.05, 0.1) is 32.0 Å². The molecule has 9 N–H and O–H groups in total. The minimum Gasteiger partial charge on any atom is -0.394 e. The van der Waals surface area contributed by atoms with Crippen molar-refractivity contribution in [1.29, 1.82) is 0 Å². The van der Waals surface area contributed by atoms with Crippen molar-refractivity contribution in [2.75, 3.05) is 19.8 Å². The number of allylic oxidation sites excluding steroid dienone is 9. The van der Waals surface area contributed by atoms with Gasteiger partial charge in [0, 0.05) is 6.42 Å². The van der Waals surface area contributed by atoms with Gasteiger partial charge in [0.25, 0.3) is 0 Å². The summed E-state index contributed by atoms with van der Waals surface area (Å²) in [5.74, 6) is -0.251. The summed E-state index contributed by atoms with van der Waals surface area (Å²) < 4.78 is 22.8. The van der Waals surface area contributed by atoms with Crippen LogP contribution >= 0.6 is 0 Å². The summed E-state index contributed by atoms with van der Waals surface area (Å²) in [5.41, 5.74) is 0. The number of aliphatic hydroxyl groups excluding tert-OH is 8. The lowest BCUT2D eigenvalue weighted by molar-refractivity contribution is -0.359. The van der Waals surface area contributed by atoms with Gasteiger partial charge in [-0.3, -0.25) is 4.79 Å². The zero-order chi connectivity index (χ0) is 61.6. The molecule has 14 heteroatoms. The molecule has 2 fully saturated rings. The SMILES string of the molecule is CCCCCCC/C=C\C/C=C\CCCCCCCCCCCCCCCCCCCC(=O)NC(COC1OC(CO)C(OC2OC(CO)C(O)C(O)C2O)C(O)C1O)C(O)/C=C/CC/C=C/CC/C=C/CCCCCCCCCCCCCC. The van der Waals surface area contributed by atoms with E-state index in [0.717, 1.165) is 51.4 Å². The molecule has 14 nitrogen and oxygen atoms in total. The van der Waals surface area contributed by atoms with Gasteiger partial charge >= 0.3 is 0 Å². The molecule has 2 rings (SSSR count). The topological polar surface area (TPSA) is 228 Å². The van der Waals surface area contributed by atoms with E-state index >= 15 is 0 Å². The van der Waals surface area contributed by atoms with Crippen molar-refractivity contribution in [2.45, 2.75) is 364 Å². The standard InChI is InChI=1S/C71H129NO13/c1-3-5-7-9-11-13-15-17-19-21-23-25-27-28-29-30-31-32-33-35-37-39-41-43-45-47-49-51-53-55-63(76)72-59(58-82-70-68(81)66(79)69(62(57-74)84-70)85-71-67(80)65(78)64(77)61(56-73)83-71)60(75)54-52-50-48-46-44-42-40-38-36-34-26-24-22-20-18-16-14-12-10-8-6-4-2/h15,17,21,23,36,38,44,46,52,54,59-62,64-71,73-75,77-81H,3-14,16,18-20,22,24-35,37,39-43,45,47-51,53,55-58H2,1-2H3,(H,72,76)/b17-15-,23-21-,38-36+,46-44+,54-52+. The van der Waals surface area contributed by atoms with Crippen LogP contribution < -0.4 is 5.32 Å². The van der Waals surface area contributed by atoms with Gasteiger partial charge < -0.3 is 65.1 Å². The molecule has 0 radical (unpaired) electrons. The first-order valence-corrected chi connectivity index (χ1v) is 35.0. The Morgan fingerprint density at radius 1 is 0.424 bits per heavy atom. The molecule has 0 aromatic heterocycles. The average Bonchev–Trinajstić information content (AvgIpc) is 3.69. The number of ether oxygens (including phenoxy) is 4. The van der Waals surface area contributed by atoms with Crippen LogP contribution in [0.15, 0.2) is 60.8 Å². The van der Waals surface area contributed by atoms with Crippen LogP contribution in [-0.2, 0) is 23.7 Å². The molecule has 0 bridgehead atoms. The van der Waals surface area contributed by atoms with Crippen LogP contribution in [0.5, 0.6) is 0 Å². The van der Waals surface area contributed by atoms with E-state index in [2.05, 4.69) is 67.8 Å². The van der Waals surface area contributed by atoms with Crippen LogP contribution in [-0.4, -0.2) is 140 Å². The molecular weight excluding hydrogens is 1070 g/mol. The average molecular weight is 1200 g/mol. The van der Waals surface area contributed by atoms with Crippen LogP contribution in [0, 0.1) is 0 Å². The Hall–Kier alpha value is -2.31. The molecule has 2 heterocycles. The van der Waals surface area contributed by atoms with Crippen molar-refractivity contribution in [1.82, 2.24) is 5.32 Å². The lowest BCUT2D eigenvalue weighted by atomic mass is 9.97. The minimum atomic E-state index is -1.79. The van der Waals surface area contributed by atoms with Crippen molar-refractivity contribution in [3.05, 3.63) is 60.8 Å². The first-order chi connectivity index (χ1) is 41.6. The second kappa shape index (κ2) is 55.7. The zero-order valence-electron chi connectivity index (χ0n) is 53.8. The summed E-state index contributed by atoms with van der Waals surface area (Å²) in [6.07, 6.45) is 57.0. The Morgan fingerprint density at radius 2 is 0.788 bits per heavy atom. The smallest absolute Gasteiger partial charge is 0.220 e. The first-order valence-electron chi connectivity index (χ1n) is 35.0. The predicted octanol–water partition coefficient (Wildman–Crippen LogP) is 14.1. The Morgan fingerprint density at radius 3 is 1.22 bits per heavy atom. The van der Waals surface area contributed by atoms with Crippen LogP contribution in [0.2, 0.25) is 0 Å². The molecule has 0 spiro atoms. The van der Waals surface area contributed by atoms with E-state index in [-0.39, 0.29) is 18.9 Å². The zero-order valence-corrected chi connectivity index (χ0v) is 53.8. The van der Waals surface area contributed by atoms with E-state index in [1.165, 1.54) is 205 Å². The van der Waals surface area contributed by atoms with Gasteiger partial charge in [0.15, 0.2) is 12.6 Å². The molecular formula is C71H129NO13. The van der Waals surface area contributed by atoms with Gasteiger partial charge in [0.2, 0.25) is 5.91 Å². The van der Waals surface area contributed by atoms with E-state index < -0.39 is 86.8 Å². The maximum Gasteiger partial charge on any atom is 0.220 e. The summed E-state index contributed by atoms with van der Waals surface area (Å²) in [4.78, 5) is 13.3. The number of aliphatic hydroxyl groups is 8. The van der Waals surface area contributed by atoms with Gasteiger partial charge in [-0.1, -0.05) is 267 Å². The van der Waals surface area contributed by atoms with Gasteiger partial charge in [0.1, 0.15) is 48.8 Å². The molecule has 12 unspecified atom stereocenters. The molecule has 0 aliphatic carbocycles. The Labute approximate surface area is 517 Å². The van der Waals surface area contributed by atoms with E-state index in [4.69, 9.17) is 18.9 Å². The number of amides is 1. The maximum atomic E-state index is 13.3. The third-order valence-corrected chi connectivity index (χ3v) is 16.9. The Kier molecular flexibility index (Phi) is 51.7. The molecule has 0 saturated carbocycles. The van der Waals surface area contributed by atoms with Crippen LogP contribution in [0.4, 0.5) is 0 Å². The molecule has 0 aromatic carbocycles. The number of hydrogen-bond acceptors (Lipinski definition) is 13. The largest absolute Gasteiger partial charge is 0.394 e. The molecule has 2 aliphatic heterocycles. The highest BCUT2D eigenvalue weighted by Gasteiger charge is 2.51. The molecule has 0 aromatic rings. The fourth-order valence-electron chi connectivity index (χ4n) is 11.3. The summed E-state index contributed by atoms with van der Waals surface area (Å²) >= 11 is 0. The first kappa shape index (κ1) is 78.8. The van der Waals surface area contributed by atoms with E-state index in [1.54, 1.807) is 6.08 Å². The molecule has 2 aliphatic rings. The maximum absolute atomic E-state index is 13.3. The highest BCUT2D eigenvalue weighted by molar-refractivity contribution is 5.76. The van der Waals surface area contributed by atoms with E-state index in [9.17, 15) is 45.6 Å². The van der Waals surface area contributed by atoms with Crippen molar-refractivity contribution in [3.63, 3.8) is 0 Å². The highest BCUT2D eigenvalue weighted by atomic mass is 16.7. The number of carbonyl (C=O) groups excluding carboxylic acids is 1. The molecule has 85 heavy (non-hydrogen) atoms. The van der Waals surface area contributed by atoms with Crippen molar-refractivity contribution in [3.8, 4) is 0 Å². The van der Waals surface area contributed by atoms with Gasteiger partial charge in [-0.15, -0.1) is 0 Å². The number of rotatable bonds is 57. The minimum absolute atomic E-state index is 0.251. The summed E-state index contributed by atoms with van der Waals surface area (Å²) in [7, 11) is 0. The Balaban J connectivity index is 1.70. The second-order valence-corrected chi connectivity index (χ2v) is 24.6. The van der Waals surface area contributed by atoms with Crippen LogP contribution in [0.1, 0.15) is 290 Å². The second-order valence-electron chi connectivity index (χ2n) is 24.6. The number of nitrogens with one attached hydrogen (secondary N) is 1. The van der Waals surface area contributed by atoms with Crippen molar-refractivity contribution in [2.24, 2.45) is 0 Å². The monoisotopic (exact) mass is 1200 g/mol. The third kappa shape index (κ3) is 40.1. The lowest BCUT2D eigenvalue weighted by Gasteiger charge is -2.46. The summed E-state index contributed by atoms with van der Waals surface area (Å²) in [5, 5.41) is 87.4. The molecule has 496 valence electrons. The van der Waals surface area contributed by atoms with Crippen LogP contribution in [0.25, 0.3) is 0 Å². The van der Waals surface area contributed by atoms with Gasteiger partial charge in [-0.05, 0) is 77.0 Å². The fourth-order valence-corrected chi connectivity index (χ4v) is 11.3. The highest BCUT2D eigenvalue weighted by Crippen LogP contribution is 2.30. The third-order valence-electron chi connectivity index (χ3n) is 16.9. The summed E-state index contributed by atoms with van der Waals surface area (Å²) in [6.45, 7) is 2.79. The predicted molar refractivity (Wildman–Crippen MR) is 346 cm³/mol. The van der Waals surface area contributed by atoms with E-state index in [1.807, 2.05) is 6.08 Å². The van der Waals surface area contributed by atoms with Crippen molar-refractivity contribution >= 4 is 5.91 Å². The fraction of sp³-hybridized carbons (Fsp3) is 0.845. The quantitative estimate of drug-likeness (QED) is 0.0204. The Bertz CT molecular complexity index is 1660. The molecule has 12 atom stereocenters. The lowest BCUT2D eigenvalue weighted by Crippen LogP contribution is -2.65. The molecule has 2 saturated heterocycles. The summed E-state index contributed by atoms with van der Waals surface area (Å²) in [6, 6.07) is -0.940. The number of carbonyl (C=O) groups is 1. The molecule has 1 amide bonds.